The number of anilines is 1. The molecule has 1 aromatic heterocycles. The maximum atomic E-state index is 8.81. The van der Waals surface area contributed by atoms with E-state index in [2.05, 4.69) is 4.98 Å². The van der Waals surface area contributed by atoms with Crippen molar-refractivity contribution in [2.24, 2.45) is 0 Å². The van der Waals surface area contributed by atoms with Crippen molar-refractivity contribution >= 4 is 28.1 Å². The van der Waals surface area contributed by atoms with Crippen LogP contribution in [0.1, 0.15) is 5.56 Å². The van der Waals surface area contributed by atoms with Crippen LogP contribution in [-0.4, -0.2) is 4.98 Å². The lowest BCUT2D eigenvalue weighted by atomic mass is 10.1. The first-order valence-corrected chi connectivity index (χ1v) is 6.57. The summed E-state index contributed by atoms with van der Waals surface area (Å²) in [7, 11) is 0. The van der Waals surface area contributed by atoms with Gasteiger partial charge in [0.2, 0.25) is 5.88 Å². The van der Waals surface area contributed by atoms with Crippen LogP contribution in [0.25, 0.3) is 10.8 Å². The minimum atomic E-state index is 0.265. The van der Waals surface area contributed by atoms with Gasteiger partial charge in [-0.05, 0) is 18.2 Å². The van der Waals surface area contributed by atoms with Gasteiger partial charge in [-0.2, -0.15) is 5.26 Å². The van der Waals surface area contributed by atoms with E-state index >= 15 is 0 Å². The number of hydrogen-bond acceptors (Lipinski definition) is 4. The standard InChI is InChI=1S/C16H10ClN3O/c17-13-5-6-15(12-4-2-1-3-11(12)13)21-16-14(19)7-10(8-18)9-20-16/h1-7,9H,19H2. The van der Waals surface area contributed by atoms with E-state index in [-0.39, 0.29) is 5.88 Å². The molecule has 0 unspecified atom stereocenters. The topological polar surface area (TPSA) is 71.9 Å². The number of ether oxygens (including phenoxy) is 1. The Morgan fingerprint density at radius 1 is 1.14 bits per heavy atom. The monoisotopic (exact) mass is 295 g/mol. The summed E-state index contributed by atoms with van der Waals surface area (Å²) in [6.07, 6.45) is 1.42. The Hall–Kier alpha value is -2.77. The summed E-state index contributed by atoms with van der Waals surface area (Å²) in [6.45, 7) is 0. The van der Waals surface area contributed by atoms with Gasteiger partial charge in [-0.3, -0.25) is 0 Å². The third-order valence-electron chi connectivity index (χ3n) is 3.05. The van der Waals surface area contributed by atoms with Gasteiger partial charge < -0.3 is 10.5 Å². The average Bonchev–Trinajstić information content (AvgIpc) is 2.52. The van der Waals surface area contributed by atoms with Gasteiger partial charge in [-0.15, -0.1) is 0 Å². The number of fused-ring (bicyclic) bond motifs is 1. The fraction of sp³-hybridized carbons (Fsp3) is 0. The molecule has 0 saturated carbocycles. The van der Waals surface area contributed by atoms with Gasteiger partial charge in [0, 0.05) is 22.0 Å². The van der Waals surface area contributed by atoms with Gasteiger partial charge >= 0.3 is 0 Å². The predicted molar refractivity (Wildman–Crippen MR) is 82.4 cm³/mol. The summed E-state index contributed by atoms with van der Waals surface area (Å²) in [5.74, 6) is 0.875. The van der Waals surface area contributed by atoms with Crippen molar-refractivity contribution in [3.05, 3.63) is 59.2 Å². The van der Waals surface area contributed by atoms with E-state index in [0.717, 1.165) is 10.8 Å². The zero-order chi connectivity index (χ0) is 14.8. The Morgan fingerprint density at radius 2 is 1.90 bits per heavy atom. The van der Waals surface area contributed by atoms with Crippen molar-refractivity contribution < 1.29 is 4.74 Å². The smallest absolute Gasteiger partial charge is 0.242 e. The highest BCUT2D eigenvalue weighted by Gasteiger charge is 2.09. The largest absolute Gasteiger partial charge is 0.436 e. The van der Waals surface area contributed by atoms with E-state index < -0.39 is 0 Å². The third-order valence-corrected chi connectivity index (χ3v) is 3.38. The Balaban J connectivity index is 2.07. The van der Waals surface area contributed by atoms with Crippen LogP contribution in [0.15, 0.2) is 48.7 Å². The lowest BCUT2D eigenvalue weighted by Crippen LogP contribution is -1.96. The molecule has 0 amide bonds. The van der Waals surface area contributed by atoms with Gasteiger partial charge in [-0.1, -0.05) is 35.9 Å². The molecule has 2 N–H and O–H groups in total. The van der Waals surface area contributed by atoms with E-state index in [1.807, 2.05) is 30.3 Å². The van der Waals surface area contributed by atoms with E-state index in [4.69, 9.17) is 27.3 Å². The number of rotatable bonds is 2. The summed E-state index contributed by atoms with van der Waals surface area (Å²) in [4.78, 5) is 4.07. The SMILES string of the molecule is N#Cc1cnc(Oc2ccc(Cl)c3ccccc23)c(N)c1. The number of hydrogen-bond donors (Lipinski definition) is 1. The molecule has 0 saturated heterocycles. The predicted octanol–water partition coefficient (Wildman–Crippen LogP) is 4.13. The number of nitrogens with two attached hydrogens (primary N) is 1. The molecule has 0 aliphatic carbocycles. The molecule has 0 fully saturated rings. The lowest BCUT2D eigenvalue weighted by Gasteiger charge is -2.10. The Labute approximate surface area is 126 Å². The molecule has 2 aromatic carbocycles. The zero-order valence-corrected chi connectivity index (χ0v) is 11.6. The molecule has 4 nitrogen and oxygen atoms in total. The average molecular weight is 296 g/mol. The maximum absolute atomic E-state index is 8.81. The highest BCUT2D eigenvalue weighted by atomic mass is 35.5. The Morgan fingerprint density at radius 3 is 2.62 bits per heavy atom. The van der Waals surface area contributed by atoms with Crippen molar-refractivity contribution in [2.45, 2.75) is 0 Å². The molecule has 0 aliphatic rings. The zero-order valence-electron chi connectivity index (χ0n) is 10.9. The van der Waals surface area contributed by atoms with Gasteiger partial charge in [0.15, 0.2) is 0 Å². The van der Waals surface area contributed by atoms with Gasteiger partial charge in [0.25, 0.3) is 0 Å². The van der Waals surface area contributed by atoms with Crippen molar-refractivity contribution in [3.63, 3.8) is 0 Å². The molecule has 0 radical (unpaired) electrons. The molecule has 0 spiro atoms. The lowest BCUT2D eigenvalue weighted by molar-refractivity contribution is 0.471. The maximum Gasteiger partial charge on any atom is 0.242 e. The normalized spacial score (nSPS) is 10.3. The number of halogens is 1. The van der Waals surface area contributed by atoms with Gasteiger partial charge in [0.1, 0.15) is 11.8 Å². The van der Waals surface area contributed by atoms with Crippen molar-refractivity contribution in [2.75, 3.05) is 5.73 Å². The van der Waals surface area contributed by atoms with E-state index in [9.17, 15) is 0 Å². The number of nitriles is 1. The molecule has 3 rings (SSSR count). The number of nitrogens with zero attached hydrogens (tertiary/aromatic N) is 2. The van der Waals surface area contributed by atoms with Crippen LogP contribution in [0.5, 0.6) is 11.6 Å². The van der Waals surface area contributed by atoms with E-state index in [0.29, 0.717) is 22.0 Å². The second-order valence-electron chi connectivity index (χ2n) is 4.42. The highest BCUT2D eigenvalue weighted by Crippen LogP contribution is 2.34. The minimum Gasteiger partial charge on any atom is -0.436 e. The number of benzene rings is 2. The quantitative estimate of drug-likeness (QED) is 0.771. The fourth-order valence-corrected chi connectivity index (χ4v) is 2.27. The summed E-state index contributed by atoms with van der Waals surface area (Å²) < 4.78 is 5.77. The molecule has 0 bridgehead atoms. The van der Waals surface area contributed by atoms with Crippen LogP contribution in [0.4, 0.5) is 5.69 Å². The van der Waals surface area contributed by atoms with E-state index in [1.54, 1.807) is 12.1 Å². The molecule has 102 valence electrons. The molecular weight excluding hydrogens is 286 g/mol. The summed E-state index contributed by atoms with van der Waals surface area (Å²) in [6, 6.07) is 14.7. The van der Waals surface area contributed by atoms with Crippen LogP contribution in [0.2, 0.25) is 5.02 Å². The summed E-state index contributed by atoms with van der Waals surface area (Å²) >= 11 is 6.17. The van der Waals surface area contributed by atoms with Gasteiger partial charge in [0.05, 0.1) is 11.3 Å². The summed E-state index contributed by atoms with van der Waals surface area (Å²) in [5, 5.41) is 11.2. The molecule has 1 heterocycles. The van der Waals surface area contributed by atoms with Crippen LogP contribution in [0, 0.1) is 11.3 Å². The summed E-state index contributed by atoms with van der Waals surface area (Å²) in [5.41, 5.74) is 6.56. The number of aromatic nitrogens is 1. The van der Waals surface area contributed by atoms with Crippen LogP contribution >= 0.6 is 11.6 Å². The molecule has 0 atom stereocenters. The van der Waals surface area contributed by atoms with Crippen molar-refractivity contribution in [3.8, 4) is 17.7 Å². The first-order chi connectivity index (χ1) is 10.2. The first kappa shape index (κ1) is 13.2. The Kier molecular flexibility index (Phi) is 3.35. The van der Waals surface area contributed by atoms with Crippen molar-refractivity contribution in [1.29, 1.82) is 5.26 Å². The molecule has 5 heteroatoms. The van der Waals surface area contributed by atoms with Crippen LogP contribution in [-0.2, 0) is 0 Å². The minimum absolute atomic E-state index is 0.265. The van der Waals surface area contributed by atoms with Crippen LogP contribution < -0.4 is 10.5 Å². The van der Waals surface area contributed by atoms with Crippen molar-refractivity contribution in [1.82, 2.24) is 4.98 Å². The fourth-order valence-electron chi connectivity index (χ4n) is 2.04. The van der Waals surface area contributed by atoms with E-state index in [1.165, 1.54) is 12.3 Å². The second-order valence-corrected chi connectivity index (χ2v) is 4.83. The number of pyridine rings is 1. The highest BCUT2D eigenvalue weighted by molar-refractivity contribution is 6.35. The number of nitrogen functional groups attached to an aromatic ring is 1. The second kappa shape index (κ2) is 5.31. The Bertz CT molecular complexity index is 871. The molecule has 0 aliphatic heterocycles. The molecule has 21 heavy (non-hydrogen) atoms. The molecular formula is C16H10ClN3O. The van der Waals surface area contributed by atoms with Gasteiger partial charge in [-0.25, -0.2) is 4.98 Å². The molecule has 3 aromatic rings. The first-order valence-electron chi connectivity index (χ1n) is 6.20. The van der Waals surface area contributed by atoms with Crippen LogP contribution in [0.3, 0.4) is 0 Å². The third kappa shape index (κ3) is 2.47.